The number of hydrogen-bond donors (Lipinski definition) is 1. The van der Waals surface area contributed by atoms with Crippen molar-refractivity contribution in [2.24, 2.45) is 5.92 Å². The maximum atomic E-state index is 13.5. The fraction of sp³-hybridized carbons (Fsp3) is 0.333. The second-order valence-corrected chi connectivity index (χ2v) is 8.52. The largest absolute Gasteiger partial charge is 0.508 e. The van der Waals surface area contributed by atoms with E-state index in [0.717, 1.165) is 49.3 Å². The molecule has 0 radical (unpaired) electrons. The maximum absolute atomic E-state index is 13.5. The zero-order valence-electron chi connectivity index (χ0n) is 18.7. The van der Waals surface area contributed by atoms with Crippen LogP contribution < -0.4 is 0 Å². The topological polar surface area (TPSA) is 56.7 Å². The van der Waals surface area contributed by atoms with Crippen molar-refractivity contribution in [3.05, 3.63) is 84.2 Å². The van der Waals surface area contributed by atoms with Crippen LogP contribution in [0.3, 0.4) is 0 Å². The van der Waals surface area contributed by atoms with E-state index < -0.39 is 0 Å². The van der Waals surface area contributed by atoms with Gasteiger partial charge in [-0.2, -0.15) is 0 Å². The molecule has 1 fully saturated rings. The third-order valence-electron chi connectivity index (χ3n) is 6.11. The molecule has 3 aromatic rings. The number of nitrogens with zero attached hydrogens (tertiary/aromatic N) is 3. The molecule has 1 amide bonds. The summed E-state index contributed by atoms with van der Waals surface area (Å²) < 4.78 is 0. The summed E-state index contributed by atoms with van der Waals surface area (Å²) in [7, 11) is 0. The molecule has 166 valence electrons. The van der Waals surface area contributed by atoms with Crippen LogP contribution in [-0.4, -0.2) is 52.0 Å². The number of carbonyl (C=O) groups is 1. The third-order valence-corrected chi connectivity index (χ3v) is 6.11. The number of hydrogen-bond acceptors (Lipinski definition) is 4. The molecule has 5 heteroatoms. The van der Waals surface area contributed by atoms with E-state index in [4.69, 9.17) is 0 Å². The second kappa shape index (κ2) is 10.4. The summed E-state index contributed by atoms with van der Waals surface area (Å²) in [5.41, 5.74) is 4.54. The number of carbonyl (C=O) groups excluding carboxylic acids is 1. The van der Waals surface area contributed by atoms with Crippen LogP contribution >= 0.6 is 0 Å². The van der Waals surface area contributed by atoms with Crippen LogP contribution in [-0.2, 0) is 17.8 Å². The average Bonchev–Trinajstić information content (AvgIpc) is 2.94. The van der Waals surface area contributed by atoms with Gasteiger partial charge < -0.3 is 10.0 Å². The molecule has 0 spiro atoms. The van der Waals surface area contributed by atoms with E-state index in [1.165, 1.54) is 5.56 Å². The Morgan fingerprint density at radius 2 is 1.84 bits per heavy atom. The highest BCUT2D eigenvalue weighted by molar-refractivity contribution is 5.80. The van der Waals surface area contributed by atoms with Gasteiger partial charge in [0.2, 0.25) is 5.91 Å². The average molecular weight is 430 g/mol. The number of aromatic nitrogens is 1. The number of phenolic OH excluding ortho intramolecular Hbond substituents is 1. The van der Waals surface area contributed by atoms with E-state index in [9.17, 15) is 9.90 Å². The lowest BCUT2D eigenvalue weighted by molar-refractivity contribution is -0.134. The highest BCUT2D eigenvalue weighted by Gasteiger charge is 2.30. The van der Waals surface area contributed by atoms with Crippen LogP contribution in [0, 0.1) is 5.92 Å². The lowest BCUT2D eigenvalue weighted by atomic mass is 9.91. The van der Waals surface area contributed by atoms with Crippen molar-refractivity contribution in [2.45, 2.75) is 26.3 Å². The van der Waals surface area contributed by atoms with E-state index in [0.29, 0.717) is 13.0 Å². The summed E-state index contributed by atoms with van der Waals surface area (Å²) in [6, 6.07) is 19.8. The Balaban J connectivity index is 1.59. The normalized spacial score (nSPS) is 17.3. The lowest BCUT2D eigenvalue weighted by Crippen LogP contribution is -2.37. The number of amides is 1. The van der Waals surface area contributed by atoms with E-state index in [1.54, 1.807) is 6.07 Å². The molecule has 1 aromatic heterocycles. The molecule has 2 heterocycles. The molecule has 0 saturated carbocycles. The number of aromatic hydroxyl groups is 1. The molecule has 1 atom stereocenters. The quantitative estimate of drug-likeness (QED) is 0.606. The Bertz CT molecular complexity index is 1040. The Kier molecular flexibility index (Phi) is 7.17. The van der Waals surface area contributed by atoms with E-state index in [1.807, 2.05) is 53.7 Å². The van der Waals surface area contributed by atoms with Crippen molar-refractivity contribution >= 4 is 5.91 Å². The number of benzene rings is 2. The summed E-state index contributed by atoms with van der Waals surface area (Å²) in [5.74, 6) is 0.419. The minimum absolute atomic E-state index is 0.107. The van der Waals surface area contributed by atoms with E-state index >= 15 is 0 Å². The summed E-state index contributed by atoms with van der Waals surface area (Å²) in [6.45, 7) is 5.93. The predicted octanol–water partition coefficient (Wildman–Crippen LogP) is 4.37. The van der Waals surface area contributed by atoms with Crippen molar-refractivity contribution in [1.82, 2.24) is 14.8 Å². The summed E-state index contributed by atoms with van der Waals surface area (Å²) in [4.78, 5) is 22.0. The Hall–Kier alpha value is -3.18. The van der Waals surface area contributed by atoms with Gasteiger partial charge in [-0.1, -0.05) is 43.3 Å². The zero-order valence-corrected chi connectivity index (χ0v) is 18.7. The Morgan fingerprint density at radius 1 is 1.03 bits per heavy atom. The highest BCUT2D eigenvalue weighted by Crippen LogP contribution is 2.27. The molecule has 1 unspecified atom stereocenters. The first-order chi connectivity index (χ1) is 15.6. The van der Waals surface area contributed by atoms with Crippen molar-refractivity contribution in [3.8, 4) is 16.9 Å². The van der Waals surface area contributed by atoms with Gasteiger partial charge in [0.1, 0.15) is 5.75 Å². The maximum Gasteiger partial charge on any atom is 0.227 e. The van der Waals surface area contributed by atoms with Gasteiger partial charge in [-0.05, 0) is 59.4 Å². The smallest absolute Gasteiger partial charge is 0.227 e. The number of pyridine rings is 1. The van der Waals surface area contributed by atoms with Gasteiger partial charge in [-0.15, -0.1) is 0 Å². The van der Waals surface area contributed by atoms with Crippen LogP contribution in [0.5, 0.6) is 5.75 Å². The monoisotopic (exact) mass is 429 g/mol. The van der Waals surface area contributed by atoms with Crippen LogP contribution in [0.1, 0.15) is 24.5 Å². The molecule has 1 N–H and O–H groups in total. The van der Waals surface area contributed by atoms with Gasteiger partial charge in [0.25, 0.3) is 0 Å². The van der Waals surface area contributed by atoms with Crippen LogP contribution in [0.4, 0.5) is 0 Å². The molecule has 1 aliphatic heterocycles. The summed E-state index contributed by atoms with van der Waals surface area (Å²) in [5, 5.41) is 9.85. The van der Waals surface area contributed by atoms with E-state index in [2.05, 4.69) is 35.0 Å². The van der Waals surface area contributed by atoms with Crippen molar-refractivity contribution in [3.63, 3.8) is 0 Å². The van der Waals surface area contributed by atoms with Crippen LogP contribution in [0.15, 0.2) is 73.1 Å². The minimum atomic E-state index is -0.107. The number of phenols is 1. The molecule has 4 rings (SSSR count). The molecule has 32 heavy (non-hydrogen) atoms. The van der Waals surface area contributed by atoms with Crippen LogP contribution in [0.2, 0.25) is 0 Å². The molecule has 1 saturated heterocycles. The fourth-order valence-electron chi connectivity index (χ4n) is 4.59. The molecule has 0 aliphatic carbocycles. The molecule has 2 aromatic carbocycles. The van der Waals surface area contributed by atoms with Gasteiger partial charge in [0, 0.05) is 45.1 Å². The van der Waals surface area contributed by atoms with Gasteiger partial charge in [-0.3, -0.25) is 14.7 Å². The first-order valence-electron chi connectivity index (χ1n) is 11.4. The zero-order chi connectivity index (χ0) is 22.3. The lowest BCUT2D eigenvalue weighted by Gasteiger charge is -2.25. The molecular weight excluding hydrogens is 398 g/mol. The first kappa shape index (κ1) is 22.0. The highest BCUT2D eigenvalue weighted by atomic mass is 16.3. The van der Waals surface area contributed by atoms with Crippen molar-refractivity contribution < 1.29 is 9.90 Å². The molecule has 5 nitrogen and oxygen atoms in total. The van der Waals surface area contributed by atoms with Gasteiger partial charge in [0.15, 0.2) is 0 Å². The third kappa shape index (κ3) is 5.35. The number of rotatable bonds is 7. The second-order valence-electron chi connectivity index (χ2n) is 8.52. The standard InChI is InChI=1S/C27H31N3O2/c1-2-14-30-16-15-29(19-21-6-5-8-25(31)17-21)20-24(27(30)32)18-23-7-3-4-9-26(23)22-10-12-28-13-11-22/h3-13,17,24,31H,2,14-16,18-20H2,1H3. The molecule has 1 aliphatic rings. The Labute approximate surface area is 190 Å². The SMILES string of the molecule is CCCN1CCN(Cc2cccc(O)c2)CC(Cc2ccccc2-c2ccncc2)C1=O. The van der Waals surface area contributed by atoms with Crippen molar-refractivity contribution in [2.75, 3.05) is 26.2 Å². The first-order valence-corrected chi connectivity index (χ1v) is 11.4. The fourth-order valence-corrected chi connectivity index (χ4v) is 4.59. The van der Waals surface area contributed by atoms with Gasteiger partial charge >= 0.3 is 0 Å². The van der Waals surface area contributed by atoms with Crippen molar-refractivity contribution in [1.29, 1.82) is 0 Å². The Morgan fingerprint density at radius 3 is 2.62 bits per heavy atom. The van der Waals surface area contributed by atoms with Gasteiger partial charge in [-0.25, -0.2) is 0 Å². The molecular formula is C27H31N3O2. The van der Waals surface area contributed by atoms with Gasteiger partial charge in [0.05, 0.1) is 5.92 Å². The minimum Gasteiger partial charge on any atom is -0.508 e. The van der Waals surface area contributed by atoms with Crippen LogP contribution in [0.25, 0.3) is 11.1 Å². The summed E-state index contributed by atoms with van der Waals surface area (Å²) >= 11 is 0. The van der Waals surface area contributed by atoms with E-state index in [-0.39, 0.29) is 17.6 Å². The predicted molar refractivity (Wildman–Crippen MR) is 127 cm³/mol. The summed E-state index contributed by atoms with van der Waals surface area (Å²) in [6.07, 6.45) is 5.28. The molecule has 0 bridgehead atoms.